The lowest BCUT2D eigenvalue weighted by Crippen LogP contribution is -2.39. The first-order valence-corrected chi connectivity index (χ1v) is 8.61. The molecule has 0 bridgehead atoms. The highest BCUT2D eigenvalue weighted by Crippen LogP contribution is 2.44. The molecule has 1 amide bonds. The lowest BCUT2D eigenvalue weighted by atomic mass is 10.2. The van der Waals surface area contributed by atoms with Crippen molar-refractivity contribution in [2.24, 2.45) is 15.0 Å². The van der Waals surface area contributed by atoms with Gasteiger partial charge in [-0.2, -0.15) is 26.3 Å². The van der Waals surface area contributed by atoms with Crippen LogP contribution in [0.25, 0.3) is 0 Å². The topological polar surface area (TPSA) is 87.7 Å². The molecule has 1 rings (SSSR count). The number of alkyl halides is 6. The normalized spacial score (nSPS) is 23.2. The van der Waals surface area contributed by atoms with Crippen LogP contribution < -0.4 is 5.32 Å². The van der Waals surface area contributed by atoms with Crippen LogP contribution in [0.4, 0.5) is 31.1 Å². The number of aliphatic imine (C=N–C) groups is 3. The average molecular weight is 447 g/mol. The third kappa shape index (κ3) is 7.06. The number of rotatable bonds is 4. The molecule has 1 unspecified atom stereocenters. The molecule has 0 aromatic rings. The van der Waals surface area contributed by atoms with E-state index in [4.69, 9.17) is 4.74 Å². The quantitative estimate of drug-likeness (QED) is 0.309. The molecule has 1 fully saturated rings. The number of halogens is 6. The molecule has 0 saturated carbocycles. The van der Waals surface area contributed by atoms with Crippen LogP contribution in [-0.4, -0.2) is 72.5 Å². The summed E-state index contributed by atoms with van der Waals surface area (Å²) < 4.78 is 86.9. The number of hydrogen-bond acceptors (Lipinski definition) is 5. The van der Waals surface area contributed by atoms with Crippen molar-refractivity contribution in [3.05, 3.63) is 0 Å². The van der Waals surface area contributed by atoms with Crippen molar-refractivity contribution in [3.8, 4) is 0 Å². The van der Waals surface area contributed by atoms with Crippen molar-refractivity contribution in [2.45, 2.75) is 64.4 Å². The highest BCUT2D eigenvalue weighted by Gasteiger charge is 2.67. The van der Waals surface area contributed by atoms with Gasteiger partial charge >= 0.3 is 24.5 Å². The van der Waals surface area contributed by atoms with E-state index >= 15 is 0 Å². The Morgan fingerprint density at radius 3 is 2.17 bits per heavy atom. The van der Waals surface area contributed by atoms with E-state index in [1.165, 1.54) is 6.92 Å². The largest absolute Gasteiger partial charge is 0.454 e. The van der Waals surface area contributed by atoms with Crippen LogP contribution in [0.2, 0.25) is 0 Å². The molecule has 8 nitrogen and oxygen atoms in total. The van der Waals surface area contributed by atoms with Crippen LogP contribution >= 0.6 is 0 Å². The van der Waals surface area contributed by atoms with Gasteiger partial charge in [0.15, 0.2) is 18.4 Å². The van der Waals surface area contributed by atoms with Crippen molar-refractivity contribution in [2.75, 3.05) is 13.2 Å². The molecule has 0 aliphatic carbocycles. The van der Waals surface area contributed by atoms with Crippen LogP contribution in [0.3, 0.4) is 0 Å². The predicted octanol–water partition coefficient (Wildman–Crippen LogP) is 3.49. The molecule has 1 N–H and O–H groups in total. The number of nitrogens with one attached hydrogen (secondary N) is 1. The van der Waals surface area contributed by atoms with Gasteiger partial charge in [-0.1, -0.05) is 0 Å². The lowest BCUT2D eigenvalue weighted by molar-refractivity contribution is -0.156. The number of carbonyl (C=O) groups is 1. The summed E-state index contributed by atoms with van der Waals surface area (Å²) in [6.07, 6.45) is -12.2. The highest BCUT2D eigenvalue weighted by atomic mass is 19.4. The molecule has 1 aliphatic heterocycles. The first-order valence-electron chi connectivity index (χ1n) is 8.61. The van der Waals surface area contributed by atoms with Gasteiger partial charge in [0.25, 0.3) is 0 Å². The second-order valence-corrected chi connectivity index (χ2v) is 7.26. The van der Waals surface area contributed by atoms with Crippen molar-refractivity contribution in [1.82, 2.24) is 10.2 Å². The minimum absolute atomic E-state index is 0.249. The minimum Gasteiger partial charge on any atom is -0.454 e. The van der Waals surface area contributed by atoms with Crippen LogP contribution in [0.1, 0.15) is 34.6 Å². The van der Waals surface area contributed by atoms with Gasteiger partial charge in [0.05, 0.1) is 0 Å². The zero-order chi connectivity index (χ0) is 23.5. The Kier molecular flexibility index (Phi) is 7.37. The molecular weight excluding hydrogens is 424 g/mol. The number of nitrogens with zero attached hydrogens (tertiary/aromatic N) is 4. The molecule has 172 valence electrons. The summed E-state index contributed by atoms with van der Waals surface area (Å²) in [7, 11) is 0. The Balaban J connectivity index is 3.26. The van der Waals surface area contributed by atoms with Crippen molar-refractivity contribution < 1.29 is 40.6 Å². The van der Waals surface area contributed by atoms with E-state index in [9.17, 15) is 31.1 Å². The second kappa shape index (κ2) is 8.68. The summed E-state index contributed by atoms with van der Waals surface area (Å²) >= 11 is 0. The molecule has 0 spiro atoms. The fourth-order valence-corrected chi connectivity index (χ4v) is 2.36. The maximum absolute atomic E-state index is 13.5. The van der Waals surface area contributed by atoms with E-state index in [0.29, 0.717) is 4.90 Å². The molecule has 30 heavy (non-hydrogen) atoms. The van der Waals surface area contributed by atoms with Crippen LogP contribution in [0.5, 0.6) is 0 Å². The van der Waals surface area contributed by atoms with Crippen molar-refractivity contribution >= 4 is 24.7 Å². The molecule has 0 aromatic heterocycles. The number of carbonyl (C=O) groups excluding carboxylic acids is 1. The van der Waals surface area contributed by atoms with Gasteiger partial charge in [0, 0.05) is 6.54 Å². The summed E-state index contributed by atoms with van der Waals surface area (Å²) in [6.45, 7) is 8.09. The Labute approximate surface area is 169 Å². The molecule has 0 radical (unpaired) electrons. The first kappa shape index (κ1) is 25.5. The maximum Gasteiger partial charge on any atom is 0.449 e. The summed E-state index contributed by atoms with van der Waals surface area (Å²) in [6, 6.07) is -0.897. The number of amidine groups is 2. The van der Waals surface area contributed by atoms with E-state index < -0.39 is 54.3 Å². The van der Waals surface area contributed by atoms with Gasteiger partial charge in [0.1, 0.15) is 5.60 Å². The second-order valence-electron chi connectivity index (χ2n) is 7.26. The third-order valence-electron chi connectivity index (χ3n) is 3.46. The fraction of sp³-hybridized carbons (Fsp3) is 0.750. The van der Waals surface area contributed by atoms with Crippen LogP contribution in [0.15, 0.2) is 15.0 Å². The van der Waals surface area contributed by atoms with Gasteiger partial charge in [0.2, 0.25) is 5.84 Å². The molecule has 1 heterocycles. The standard InChI is InChI=1S/C16H23F6N5O3/c1-7-24-10(16(20,21)22)27-9(25-12(28)30-13(2,3)4)14(27,5)26-11(23-6)29-8-15(17,18)19/h9H,6-8H2,1-5H3,(H,25,28)/t9?,14-,27?/m1/s1. The van der Waals surface area contributed by atoms with E-state index in [2.05, 4.69) is 31.7 Å². The van der Waals surface area contributed by atoms with Gasteiger partial charge in [-0.3, -0.25) is 15.2 Å². The van der Waals surface area contributed by atoms with Gasteiger partial charge in [-0.25, -0.2) is 14.8 Å². The Bertz CT molecular complexity index is 714. The molecule has 14 heteroatoms. The predicted molar refractivity (Wildman–Crippen MR) is 96.4 cm³/mol. The van der Waals surface area contributed by atoms with E-state index in [1.54, 1.807) is 20.8 Å². The summed E-state index contributed by atoms with van der Waals surface area (Å²) in [5.41, 5.74) is -2.85. The lowest BCUT2D eigenvalue weighted by Gasteiger charge is -2.19. The number of alkyl carbamates (subject to hydrolysis) is 1. The maximum atomic E-state index is 13.5. The molecule has 2 atom stereocenters. The first-order chi connectivity index (χ1) is 13.4. The van der Waals surface area contributed by atoms with Crippen LogP contribution in [-0.2, 0) is 9.47 Å². The van der Waals surface area contributed by atoms with Gasteiger partial charge in [-0.05, 0) is 41.3 Å². The van der Waals surface area contributed by atoms with Crippen molar-refractivity contribution in [1.29, 1.82) is 0 Å². The Morgan fingerprint density at radius 2 is 1.77 bits per heavy atom. The zero-order valence-corrected chi connectivity index (χ0v) is 17.0. The molecule has 1 saturated heterocycles. The smallest absolute Gasteiger partial charge is 0.449 e. The molecule has 1 aliphatic rings. The van der Waals surface area contributed by atoms with Gasteiger partial charge < -0.3 is 9.47 Å². The Morgan fingerprint density at radius 1 is 1.20 bits per heavy atom. The number of hydrogen-bond donors (Lipinski definition) is 1. The number of ether oxygens (including phenoxy) is 2. The summed E-state index contributed by atoms with van der Waals surface area (Å²) in [5, 5.41) is 2.20. The average Bonchev–Trinajstić information content (AvgIpc) is 3.07. The third-order valence-corrected chi connectivity index (χ3v) is 3.46. The van der Waals surface area contributed by atoms with Crippen LogP contribution in [0, 0.1) is 0 Å². The summed E-state index contributed by atoms with van der Waals surface area (Å²) in [5.74, 6) is -1.38. The minimum atomic E-state index is -4.92. The van der Waals surface area contributed by atoms with E-state index in [-0.39, 0.29) is 6.54 Å². The summed E-state index contributed by atoms with van der Waals surface area (Å²) in [4.78, 5) is 22.9. The van der Waals surface area contributed by atoms with E-state index in [1.807, 2.05) is 0 Å². The van der Waals surface area contributed by atoms with Crippen molar-refractivity contribution in [3.63, 3.8) is 0 Å². The molecule has 0 aromatic carbocycles. The Hall–Kier alpha value is -2.54. The van der Waals surface area contributed by atoms with Gasteiger partial charge in [-0.15, -0.1) is 0 Å². The fourth-order valence-electron chi connectivity index (χ4n) is 2.36. The molecular formula is C16H23F6N5O3. The monoisotopic (exact) mass is 447 g/mol. The number of amides is 1. The zero-order valence-electron chi connectivity index (χ0n) is 17.0. The SMILES string of the molecule is C=NC(=N[C@@]1(C)C(NC(=O)OC(C)(C)C)N1C(=NCC)C(F)(F)F)OCC(F)(F)F. The van der Waals surface area contributed by atoms with E-state index in [0.717, 1.165) is 6.92 Å². The highest BCUT2D eigenvalue weighted by molar-refractivity contribution is 5.92.